The molecule has 2 aromatic carbocycles. The van der Waals surface area contributed by atoms with Crippen LogP contribution in [0.3, 0.4) is 0 Å². The zero-order chi connectivity index (χ0) is 17.5. The smallest absolute Gasteiger partial charge is 0.319 e. The van der Waals surface area contributed by atoms with E-state index >= 15 is 0 Å². The third-order valence-corrected chi connectivity index (χ3v) is 4.73. The second-order valence-corrected chi connectivity index (χ2v) is 6.26. The molecule has 0 bridgehead atoms. The Labute approximate surface area is 149 Å². The van der Waals surface area contributed by atoms with Gasteiger partial charge in [0.05, 0.1) is 41.6 Å². The van der Waals surface area contributed by atoms with Crippen LogP contribution in [-0.2, 0) is 0 Å². The molecule has 0 radical (unpaired) electrons. The fourth-order valence-electron chi connectivity index (χ4n) is 3.51. The van der Waals surface area contributed by atoms with Crippen LogP contribution in [0.25, 0.3) is 22.3 Å². The molecule has 2 aromatic heterocycles. The number of rotatable bonds is 3. The highest BCUT2D eigenvalue weighted by Gasteiger charge is 2.28. The lowest BCUT2D eigenvalue weighted by Gasteiger charge is -2.16. The molecule has 2 amide bonds. The lowest BCUT2D eigenvalue weighted by molar-refractivity contribution is 0.251. The number of urea groups is 1. The van der Waals surface area contributed by atoms with Crippen molar-refractivity contribution in [3.05, 3.63) is 66.9 Å². The van der Waals surface area contributed by atoms with Gasteiger partial charge in [0.2, 0.25) is 0 Å². The molecule has 1 aliphatic rings. The van der Waals surface area contributed by atoms with Gasteiger partial charge in [-0.2, -0.15) is 0 Å². The summed E-state index contributed by atoms with van der Waals surface area (Å²) in [5.74, 6) is 0. The molecule has 0 aliphatic carbocycles. The van der Waals surface area contributed by atoms with E-state index in [1.165, 1.54) is 11.1 Å². The minimum atomic E-state index is -0.245. The Bertz CT molecular complexity index is 1110. The van der Waals surface area contributed by atoms with Crippen LogP contribution in [0.15, 0.2) is 61.3 Å². The van der Waals surface area contributed by atoms with Gasteiger partial charge < -0.3 is 20.2 Å². The highest BCUT2D eigenvalue weighted by Crippen LogP contribution is 2.38. The maximum absolute atomic E-state index is 12.3. The first-order chi connectivity index (χ1) is 12.8. The number of amides is 2. The van der Waals surface area contributed by atoms with Crippen LogP contribution in [0.2, 0.25) is 0 Å². The Hall–Kier alpha value is -3.61. The van der Waals surface area contributed by atoms with Gasteiger partial charge in [0.15, 0.2) is 0 Å². The van der Waals surface area contributed by atoms with Gasteiger partial charge in [0, 0.05) is 17.8 Å². The largest absolute Gasteiger partial charge is 0.345 e. The second-order valence-electron chi connectivity index (χ2n) is 6.26. The van der Waals surface area contributed by atoms with Gasteiger partial charge in [-0.3, -0.25) is 0 Å². The molecule has 0 fully saturated rings. The van der Waals surface area contributed by atoms with Crippen LogP contribution in [-0.4, -0.2) is 32.1 Å². The third-order valence-electron chi connectivity index (χ3n) is 4.73. The van der Waals surface area contributed by atoms with Crippen molar-refractivity contribution in [3.8, 4) is 11.3 Å². The number of nitrogens with one attached hydrogen (secondary N) is 3. The first-order valence-electron chi connectivity index (χ1n) is 8.39. The van der Waals surface area contributed by atoms with Gasteiger partial charge in [-0.1, -0.05) is 24.3 Å². The van der Waals surface area contributed by atoms with Crippen molar-refractivity contribution in [1.82, 2.24) is 24.8 Å². The molecular weight excluding hydrogens is 328 g/mol. The van der Waals surface area contributed by atoms with E-state index in [-0.39, 0.29) is 12.1 Å². The van der Waals surface area contributed by atoms with E-state index in [4.69, 9.17) is 0 Å². The quantitative estimate of drug-likeness (QED) is 0.533. The molecule has 1 unspecified atom stereocenters. The number of hydrogen-bond donors (Lipinski definition) is 3. The Morgan fingerprint density at radius 3 is 3.12 bits per heavy atom. The Balaban J connectivity index is 1.31. The molecular formula is C19H16N6O. The van der Waals surface area contributed by atoms with Crippen LogP contribution < -0.4 is 10.6 Å². The topological polar surface area (TPSA) is 87.6 Å². The molecule has 7 nitrogen and oxygen atoms in total. The molecule has 26 heavy (non-hydrogen) atoms. The molecule has 3 N–H and O–H groups in total. The maximum atomic E-state index is 12.3. The highest BCUT2D eigenvalue weighted by molar-refractivity contribution is 5.91. The summed E-state index contributed by atoms with van der Waals surface area (Å²) < 4.78 is 2.10. The normalized spacial score (nSPS) is 14.8. The van der Waals surface area contributed by atoms with Gasteiger partial charge in [-0.25, -0.2) is 14.8 Å². The first kappa shape index (κ1) is 14.7. The number of nitrogens with zero attached hydrogens (tertiary/aromatic N) is 3. The maximum Gasteiger partial charge on any atom is 0.319 e. The summed E-state index contributed by atoms with van der Waals surface area (Å²) in [7, 11) is 0. The minimum absolute atomic E-state index is 0.0447. The fourth-order valence-corrected chi connectivity index (χ4v) is 3.51. The SMILES string of the molecule is O=C(NCC1c2ccccc2-c2cncn21)Nc1ccc2[nH]cnc2c1. The van der Waals surface area contributed by atoms with Gasteiger partial charge in [-0.15, -0.1) is 0 Å². The van der Waals surface area contributed by atoms with E-state index < -0.39 is 0 Å². The molecule has 0 spiro atoms. The molecule has 7 heteroatoms. The average Bonchev–Trinajstić information content (AvgIpc) is 3.36. The molecule has 3 heterocycles. The van der Waals surface area contributed by atoms with Gasteiger partial charge in [0.1, 0.15) is 0 Å². The molecule has 0 saturated carbocycles. The van der Waals surface area contributed by atoms with Crippen molar-refractivity contribution in [2.45, 2.75) is 6.04 Å². The number of benzene rings is 2. The van der Waals surface area contributed by atoms with E-state index in [1.807, 2.05) is 42.9 Å². The number of carbonyl (C=O) groups excluding carboxylic acids is 1. The summed E-state index contributed by atoms with van der Waals surface area (Å²) in [6.45, 7) is 0.483. The number of hydrogen-bond acceptors (Lipinski definition) is 3. The van der Waals surface area contributed by atoms with Crippen LogP contribution in [0.4, 0.5) is 10.5 Å². The van der Waals surface area contributed by atoms with Crippen molar-refractivity contribution >= 4 is 22.8 Å². The summed E-state index contributed by atoms with van der Waals surface area (Å²) in [5, 5.41) is 5.82. The van der Waals surface area contributed by atoms with Gasteiger partial charge >= 0.3 is 6.03 Å². The van der Waals surface area contributed by atoms with E-state index in [9.17, 15) is 4.79 Å². The average molecular weight is 344 g/mol. The number of fused-ring (bicyclic) bond motifs is 4. The Kier molecular flexibility index (Phi) is 3.24. The highest BCUT2D eigenvalue weighted by atomic mass is 16.2. The van der Waals surface area contributed by atoms with Crippen LogP contribution in [0, 0.1) is 0 Å². The monoisotopic (exact) mass is 344 g/mol. The third kappa shape index (κ3) is 2.33. The zero-order valence-corrected chi connectivity index (χ0v) is 13.8. The lowest BCUT2D eigenvalue weighted by atomic mass is 10.0. The van der Waals surface area contributed by atoms with Crippen molar-refractivity contribution in [2.75, 3.05) is 11.9 Å². The molecule has 5 rings (SSSR count). The molecule has 128 valence electrons. The number of H-pyrrole nitrogens is 1. The predicted octanol–water partition coefficient (Wildman–Crippen LogP) is 3.15. The van der Waals surface area contributed by atoms with Crippen molar-refractivity contribution in [1.29, 1.82) is 0 Å². The van der Waals surface area contributed by atoms with Crippen molar-refractivity contribution < 1.29 is 4.79 Å². The molecule has 1 aliphatic heterocycles. The van der Waals surface area contributed by atoms with Gasteiger partial charge in [-0.05, 0) is 23.8 Å². The lowest BCUT2D eigenvalue weighted by Crippen LogP contribution is -2.33. The summed E-state index contributed by atoms with van der Waals surface area (Å²) in [5.41, 5.74) is 5.90. The number of imidazole rings is 2. The van der Waals surface area contributed by atoms with Gasteiger partial charge in [0.25, 0.3) is 0 Å². The Morgan fingerprint density at radius 2 is 2.15 bits per heavy atom. The summed E-state index contributed by atoms with van der Waals surface area (Å²) in [6, 6.07) is 13.6. The second kappa shape index (κ2) is 5.73. The van der Waals surface area contributed by atoms with Crippen LogP contribution >= 0.6 is 0 Å². The first-order valence-corrected chi connectivity index (χ1v) is 8.39. The molecule has 1 atom stereocenters. The standard InChI is InChI=1S/C19H16N6O/c26-19(24-12-5-6-15-16(7-12)23-10-22-15)21-9-18-14-4-2-1-3-13(14)17-8-20-11-25(17)18/h1-8,10-11,18H,9H2,(H,22,23)(H2,21,24,26). The van der Waals surface area contributed by atoms with Crippen molar-refractivity contribution in [3.63, 3.8) is 0 Å². The Morgan fingerprint density at radius 1 is 1.23 bits per heavy atom. The molecule has 0 saturated heterocycles. The number of carbonyl (C=O) groups is 1. The zero-order valence-electron chi connectivity index (χ0n) is 13.8. The van der Waals surface area contributed by atoms with E-state index in [0.29, 0.717) is 12.2 Å². The minimum Gasteiger partial charge on any atom is -0.345 e. The predicted molar refractivity (Wildman–Crippen MR) is 98.9 cm³/mol. The molecule has 4 aromatic rings. The summed E-state index contributed by atoms with van der Waals surface area (Å²) in [6.07, 6.45) is 5.30. The van der Waals surface area contributed by atoms with E-state index in [2.05, 4.69) is 42.3 Å². The number of aromatic nitrogens is 4. The van der Waals surface area contributed by atoms with E-state index in [1.54, 1.807) is 6.33 Å². The summed E-state index contributed by atoms with van der Waals surface area (Å²) in [4.78, 5) is 23.8. The fraction of sp³-hybridized carbons (Fsp3) is 0.105. The number of anilines is 1. The summed E-state index contributed by atoms with van der Waals surface area (Å²) >= 11 is 0. The van der Waals surface area contributed by atoms with Crippen LogP contribution in [0.5, 0.6) is 0 Å². The van der Waals surface area contributed by atoms with E-state index in [0.717, 1.165) is 16.7 Å². The number of aromatic amines is 1. The van der Waals surface area contributed by atoms with Crippen LogP contribution in [0.1, 0.15) is 11.6 Å². The van der Waals surface area contributed by atoms with Crippen molar-refractivity contribution in [2.24, 2.45) is 0 Å².